The van der Waals surface area contributed by atoms with Crippen molar-refractivity contribution in [3.8, 4) is 0 Å². The zero-order chi connectivity index (χ0) is 16.8. The Bertz CT molecular complexity index is 615. The number of rotatable bonds is 7. The van der Waals surface area contributed by atoms with E-state index in [9.17, 15) is 23.1 Å². The molecule has 2 atom stereocenters. The van der Waals surface area contributed by atoms with E-state index >= 15 is 0 Å². The van der Waals surface area contributed by atoms with E-state index in [-0.39, 0.29) is 12.2 Å². The molecular weight excluding hydrogens is 314 g/mol. The van der Waals surface area contributed by atoms with Crippen LogP contribution in [0.3, 0.4) is 0 Å². The third-order valence-corrected chi connectivity index (χ3v) is 3.38. The molecule has 1 amide bonds. The molecule has 0 bridgehead atoms. The van der Waals surface area contributed by atoms with Crippen LogP contribution in [0.25, 0.3) is 0 Å². The van der Waals surface area contributed by atoms with Gasteiger partial charge in [0.2, 0.25) is 0 Å². The van der Waals surface area contributed by atoms with Crippen LogP contribution in [-0.4, -0.2) is 48.4 Å². The van der Waals surface area contributed by atoms with Gasteiger partial charge in [-0.1, -0.05) is 30.3 Å². The maximum Gasteiger partial charge on any atom is 0.329 e. The minimum atomic E-state index is -4.52. The maximum absolute atomic E-state index is 11.9. The monoisotopic (exact) mass is 331 g/mol. The van der Waals surface area contributed by atoms with Gasteiger partial charge in [-0.15, -0.1) is 0 Å². The van der Waals surface area contributed by atoms with E-state index in [1.165, 1.54) is 19.1 Å². The Hall–Kier alpha value is -1.97. The first-order chi connectivity index (χ1) is 10.2. The number of nitrogens with one attached hydrogen (secondary N) is 1. The van der Waals surface area contributed by atoms with Gasteiger partial charge in [0.05, 0.1) is 6.61 Å². The summed E-state index contributed by atoms with van der Waals surface area (Å²) in [5, 5.41) is 11.9. The van der Waals surface area contributed by atoms with E-state index in [0.717, 1.165) is 0 Å². The molecule has 3 N–H and O–H groups in total. The summed E-state index contributed by atoms with van der Waals surface area (Å²) < 4.78 is 35.3. The Balaban J connectivity index is 2.84. The molecule has 1 rings (SSSR count). The molecule has 0 fully saturated rings. The first-order valence-electron chi connectivity index (χ1n) is 6.39. The van der Waals surface area contributed by atoms with Gasteiger partial charge in [-0.2, -0.15) is 8.42 Å². The minimum absolute atomic E-state index is 0.0298. The third kappa shape index (κ3) is 5.80. The van der Waals surface area contributed by atoms with Gasteiger partial charge in [0.1, 0.15) is 11.8 Å². The number of carbonyl (C=O) groups is 2. The SMILES string of the molecule is CCOC(=O)C(CS(=O)(=O)O)NC(=O)C(O)c1ccccc1. The van der Waals surface area contributed by atoms with Crippen molar-refractivity contribution in [3.05, 3.63) is 35.9 Å². The summed E-state index contributed by atoms with van der Waals surface area (Å²) in [4.78, 5) is 23.5. The number of benzene rings is 1. The fourth-order valence-corrected chi connectivity index (χ4v) is 2.30. The Kier molecular flexibility index (Phi) is 6.47. The Morgan fingerprint density at radius 1 is 1.27 bits per heavy atom. The number of aliphatic hydroxyl groups excluding tert-OH is 1. The molecule has 0 aliphatic carbocycles. The summed E-state index contributed by atoms with van der Waals surface area (Å²) in [6.07, 6.45) is -1.58. The average Bonchev–Trinajstić information content (AvgIpc) is 2.45. The van der Waals surface area contributed by atoms with Gasteiger partial charge in [-0.25, -0.2) is 4.79 Å². The molecule has 22 heavy (non-hydrogen) atoms. The van der Waals surface area contributed by atoms with E-state index in [2.05, 4.69) is 10.1 Å². The summed E-state index contributed by atoms with van der Waals surface area (Å²) in [7, 11) is -4.52. The zero-order valence-corrected chi connectivity index (χ0v) is 12.6. The lowest BCUT2D eigenvalue weighted by Gasteiger charge is -2.18. The van der Waals surface area contributed by atoms with Gasteiger partial charge in [0, 0.05) is 0 Å². The zero-order valence-electron chi connectivity index (χ0n) is 11.8. The van der Waals surface area contributed by atoms with Crippen molar-refractivity contribution in [3.63, 3.8) is 0 Å². The van der Waals surface area contributed by atoms with Crippen LogP contribution in [0, 0.1) is 0 Å². The summed E-state index contributed by atoms with van der Waals surface area (Å²) in [6, 6.07) is 6.27. The molecular formula is C13H17NO7S. The first-order valence-corrected chi connectivity index (χ1v) is 8.00. The number of aliphatic hydroxyl groups is 1. The molecule has 0 saturated carbocycles. The topological polar surface area (TPSA) is 130 Å². The number of esters is 1. The molecule has 0 saturated heterocycles. The molecule has 0 aromatic heterocycles. The van der Waals surface area contributed by atoms with Crippen molar-refractivity contribution in [2.24, 2.45) is 0 Å². The van der Waals surface area contributed by atoms with E-state index < -0.39 is 39.9 Å². The van der Waals surface area contributed by atoms with Crippen LogP contribution in [0.5, 0.6) is 0 Å². The molecule has 0 spiro atoms. The van der Waals surface area contributed by atoms with Crippen molar-refractivity contribution >= 4 is 22.0 Å². The maximum atomic E-state index is 11.9. The van der Waals surface area contributed by atoms with Crippen molar-refractivity contribution in [1.82, 2.24) is 5.32 Å². The molecule has 0 heterocycles. The number of amides is 1. The van der Waals surface area contributed by atoms with Crippen LogP contribution in [0.1, 0.15) is 18.6 Å². The van der Waals surface area contributed by atoms with Gasteiger partial charge in [0.15, 0.2) is 6.10 Å². The third-order valence-electron chi connectivity index (χ3n) is 2.63. The van der Waals surface area contributed by atoms with Crippen LogP contribution in [0.4, 0.5) is 0 Å². The highest BCUT2D eigenvalue weighted by atomic mass is 32.2. The van der Waals surface area contributed by atoms with Crippen LogP contribution in [0.15, 0.2) is 30.3 Å². The second kappa shape index (κ2) is 7.87. The molecule has 8 nitrogen and oxygen atoms in total. The lowest BCUT2D eigenvalue weighted by atomic mass is 10.1. The van der Waals surface area contributed by atoms with E-state index in [1.54, 1.807) is 18.2 Å². The molecule has 0 radical (unpaired) electrons. The minimum Gasteiger partial charge on any atom is -0.464 e. The quantitative estimate of drug-likeness (QED) is 0.460. The molecule has 0 aliphatic heterocycles. The van der Waals surface area contributed by atoms with Crippen molar-refractivity contribution in [2.45, 2.75) is 19.1 Å². The normalized spacial score (nSPS) is 14.0. The highest BCUT2D eigenvalue weighted by Gasteiger charge is 2.29. The fourth-order valence-electron chi connectivity index (χ4n) is 1.66. The van der Waals surface area contributed by atoms with Gasteiger partial charge >= 0.3 is 5.97 Å². The number of hydrogen-bond donors (Lipinski definition) is 3. The Labute approximate surface area is 127 Å². The fraction of sp³-hybridized carbons (Fsp3) is 0.385. The van der Waals surface area contributed by atoms with Crippen LogP contribution in [0.2, 0.25) is 0 Å². The second-order valence-corrected chi connectivity index (χ2v) is 5.87. The van der Waals surface area contributed by atoms with Crippen LogP contribution >= 0.6 is 0 Å². The van der Waals surface area contributed by atoms with Crippen molar-refractivity contribution in [2.75, 3.05) is 12.4 Å². The Morgan fingerprint density at radius 3 is 2.36 bits per heavy atom. The largest absolute Gasteiger partial charge is 0.464 e. The standard InChI is InChI=1S/C13H17NO7S/c1-2-21-13(17)10(8-22(18,19)20)14-12(16)11(15)9-6-4-3-5-7-9/h3-7,10-11,15H,2,8H2,1H3,(H,14,16)(H,18,19,20). The lowest BCUT2D eigenvalue weighted by Crippen LogP contribution is -2.47. The molecule has 1 aromatic carbocycles. The Morgan fingerprint density at radius 2 is 1.86 bits per heavy atom. The smallest absolute Gasteiger partial charge is 0.329 e. The summed E-state index contributed by atoms with van der Waals surface area (Å²) in [5.41, 5.74) is 0.273. The van der Waals surface area contributed by atoms with Crippen LogP contribution < -0.4 is 5.32 Å². The molecule has 0 aliphatic rings. The lowest BCUT2D eigenvalue weighted by molar-refractivity contribution is -0.147. The first kappa shape index (κ1) is 18.1. The van der Waals surface area contributed by atoms with Crippen molar-refractivity contribution in [1.29, 1.82) is 0 Å². The summed E-state index contributed by atoms with van der Waals surface area (Å²) in [6.45, 7) is 1.47. The predicted molar refractivity (Wildman–Crippen MR) is 76.4 cm³/mol. The summed E-state index contributed by atoms with van der Waals surface area (Å²) >= 11 is 0. The highest BCUT2D eigenvalue weighted by Crippen LogP contribution is 2.12. The molecule has 9 heteroatoms. The average molecular weight is 331 g/mol. The molecule has 2 unspecified atom stereocenters. The predicted octanol–water partition coefficient (Wildman–Crippen LogP) is -0.344. The van der Waals surface area contributed by atoms with E-state index in [1.807, 2.05) is 0 Å². The second-order valence-electron chi connectivity index (χ2n) is 4.38. The van der Waals surface area contributed by atoms with Crippen molar-refractivity contribution < 1.29 is 32.4 Å². The van der Waals surface area contributed by atoms with E-state index in [4.69, 9.17) is 4.55 Å². The van der Waals surface area contributed by atoms with Gasteiger partial charge in [0.25, 0.3) is 16.0 Å². The van der Waals surface area contributed by atoms with Gasteiger partial charge < -0.3 is 15.2 Å². The van der Waals surface area contributed by atoms with Gasteiger partial charge in [-0.05, 0) is 12.5 Å². The number of hydrogen-bond acceptors (Lipinski definition) is 6. The number of carbonyl (C=O) groups excluding carboxylic acids is 2. The highest BCUT2D eigenvalue weighted by molar-refractivity contribution is 7.85. The van der Waals surface area contributed by atoms with E-state index in [0.29, 0.717) is 0 Å². The molecule has 1 aromatic rings. The molecule has 122 valence electrons. The van der Waals surface area contributed by atoms with Crippen LogP contribution in [-0.2, 0) is 24.4 Å². The number of ether oxygens (including phenoxy) is 1. The summed E-state index contributed by atoms with van der Waals surface area (Å²) in [5.74, 6) is -3.04. The van der Waals surface area contributed by atoms with Gasteiger partial charge in [-0.3, -0.25) is 9.35 Å².